The first-order valence-corrected chi connectivity index (χ1v) is 8.60. The molecular formula is C21H31NO. The van der Waals surface area contributed by atoms with Gasteiger partial charge in [0, 0.05) is 6.54 Å². The molecule has 0 fully saturated rings. The van der Waals surface area contributed by atoms with Crippen LogP contribution in [-0.4, -0.2) is 20.2 Å². The highest BCUT2D eigenvalue weighted by molar-refractivity contribution is 5.37. The number of methoxy groups -OCH3 is 1. The Hall–Kier alpha value is -1.80. The molecule has 0 aromatic heterocycles. The first-order valence-electron chi connectivity index (χ1n) is 8.60. The van der Waals surface area contributed by atoms with E-state index in [0.29, 0.717) is 0 Å². The SMILES string of the molecule is C\C=C/C(=C\C=C\CC)CNCCc1ccc(CC)c(OC)c1. The normalized spacial score (nSPS) is 12.4. The van der Waals surface area contributed by atoms with Crippen LogP contribution in [0.25, 0.3) is 0 Å². The summed E-state index contributed by atoms with van der Waals surface area (Å²) in [5, 5.41) is 3.52. The van der Waals surface area contributed by atoms with Crippen LogP contribution in [0.4, 0.5) is 0 Å². The van der Waals surface area contributed by atoms with Crippen molar-refractivity contribution in [2.24, 2.45) is 0 Å². The minimum absolute atomic E-state index is 0.891. The molecular weight excluding hydrogens is 282 g/mol. The summed E-state index contributed by atoms with van der Waals surface area (Å²) in [6.07, 6.45) is 13.8. The van der Waals surface area contributed by atoms with Gasteiger partial charge in [-0.15, -0.1) is 0 Å². The topological polar surface area (TPSA) is 21.3 Å². The number of hydrogen-bond donors (Lipinski definition) is 1. The van der Waals surface area contributed by atoms with Crippen LogP contribution in [0.2, 0.25) is 0 Å². The van der Waals surface area contributed by atoms with E-state index in [1.165, 1.54) is 16.7 Å². The molecule has 1 aromatic rings. The third kappa shape index (κ3) is 7.34. The Morgan fingerprint density at radius 2 is 2.09 bits per heavy atom. The zero-order valence-corrected chi connectivity index (χ0v) is 15.1. The summed E-state index contributed by atoms with van der Waals surface area (Å²) in [5.41, 5.74) is 3.88. The summed E-state index contributed by atoms with van der Waals surface area (Å²) in [7, 11) is 1.74. The summed E-state index contributed by atoms with van der Waals surface area (Å²) in [5.74, 6) is 1.00. The van der Waals surface area contributed by atoms with Gasteiger partial charge in [-0.3, -0.25) is 0 Å². The average Bonchev–Trinajstić information content (AvgIpc) is 2.58. The first kappa shape index (κ1) is 19.2. The molecule has 0 amide bonds. The molecule has 0 aliphatic carbocycles. The van der Waals surface area contributed by atoms with E-state index in [1.807, 2.05) is 0 Å². The molecule has 2 heteroatoms. The van der Waals surface area contributed by atoms with Gasteiger partial charge in [0.25, 0.3) is 0 Å². The third-order valence-corrected chi connectivity index (χ3v) is 3.71. The van der Waals surface area contributed by atoms with Gasteiger partial charge in [0.1, 0.15) is 5.75 Å². The Labute approximate surface area is 142 Å². The number of ether oxygens (including phenoxy) is 1. The molecule has 0 atom stereocenters. The highest BCUT2D eigenvalue weighted by Crippen LogP contribution is 2.20. The number of aryl methyl sites for hydroxylation is 1. The fourth-order valence-corrected chi connectivity index (χ4v) is 2.42. The molecule has 0 heterocycles. The quantitative estimate of drug-likeness (QED) is 0.492. The molecule has 0 spiro atoms. The van der Waals surface area contributed by atoms with E-state index < -0.39 is 0 Å². The zero-order valence-electron chi connectivity index (χ0n) is 15.1. The summed E-state index contributed by atoms with van der Waals surface area (Å²) in [6, 6.07) is 6.54. The molecule has 0 aliphatic heterocycles. The molecule has 23 heavy (non-hydrogen) atoms. The number of allylic oxidation sites excluding steroid dienone is 4. The Kier molecular flexibility index (Phi) is 9.81. The molecule has 2 nitrogen and oxygen atoms in total. The molecule has 1 aromatic carbocycles. The lowest BCUT2D eigenvalue weighted by atomic mass is 10.1. The van der Waals surface area contributed by atoms with Crippen LogP contribution in [0.3, 0.4) is 0 Å². The van der Waals surface area contributed by atoms with Gasteiger partial charge in [-0.05, 0) is 55.5 Å². The van der Waals surface area contributed by atoms with Crippen LogP contribution in [0.5, 0.6) is 5.75 Å². The predicted octanol–water partition coefficient (Wildman–Crippen LogP) is 4.86. The largest absolute Gasteiger partial charge is 0.496 e. The minimum Gasteiger partial charge on any atom is -0.496 e. The van der Waals surface area contributed by atoms with Crippen LogP contribution >= 0.6 is 0 Å². The molecule has 0 saturated heterocycles. The zero-order chi connectivity index (χ0) is 16.9. The maximum absolute atomic E-state index is 5.46. The number of benzene rings is 1. The van der Waals surface area contributed by atoms with E-state index in [2.05, 4.69) is 74.7 Å². The molecule has 1 N–H and O–H groups in total. The summed E-state index contributed by atoms with van der Waals surface area (Å²) >= 11 is 0. The van der Waals surface area contributed by atoms with Gasteiger partial charge < -0.3 is 10.1 Å². The molecule has 0 unspecified atom stereocenters. The van der Waals surface area contributed by atoms with E-state index in [0.717, 1.165) is 38.1 Å². The van der Waals surface area contributed by atoms with Crippen molar-refractivity contribution in [2.75, 3.05) is 20.2 Å². The van der Waals surface area contributed by atoms with Crippen LogP contribution in [0, 0.1) is 0 Å². The Morgan fingerprint density at radius 3 is 2.74 bits per heavy atom. The minimum atomic E-state index is 0.891. The predicted molar refractivity (Wildman–Crippen MR) is 101 cm³/mol. The Bertz CT molecular complexity index is 541. The van der Waals surface area contributed by atoms with Gasteiger partial charge in [-0.25, -0.2) is 0 Å². The van der Waals surface area contributed by atoms with Crippen LogP contribution < -0.4 is 10.1 Å². The van der Waals surface area contributed by atoms with E-state index in [1.54, 1.807) is 7.11 Å². The smallest absolute Gasteiger partial charge is 0.122 e. The second kappa shape index (κ2) is 11.7. The van der Waals surface area contributed by atoms with Crippen molar-refractivity contribution in [1.82, 2.24) is 5.32 Å². The van der Waals surface area contributed by atoms with Crippen molar-refractivity contribution >= 4 is 0 Å². The number of nitrogens with one attached hydrogen (secondary N) is 1. The molecule has 1 rings (SSSR count). The summed E-state index contributed by atoms with van der Waals surface area (Å²) in [4.78, 5) is 0. The van der Waals surface area contributed by atoms with Gasteiger partial charge >= 0.3 is 0 Å². The highest BCUT2D eigenvalue weighted by Gasteiger charge is 2.02. The van der Waals surface area contributed by atoms with E-state index >= 15 is 0 Å². The van der Waals surface area contributed by atoms with Crippen LogP contribution in [0.15, 0.2) is 54.2 Å². The summed E-state index contributed by atoms with van der Waals surface area (Å²) < 4.78 is 5.46. The van der Waals surface area contributed by atoms with Crippen LogP contribution in [0.1, 0.15) is 38.3 Å². The molecule has 126 valence electrons. The lowest BCUT2D eigenvalue weighted by molar-refractivity contribution is 0.409. The van der Waals surface area contributed by atoms with Crippen molar-refractivity contribution in [1.29, 1.82) is 0 Å². The second-order valence-electron chi connectivity index (χ2n) is 5.50. The Balaban J connectivity index is 2.49. The van der Waals surface area contributed by atoms with E-state index in [4.69, 9.17) is 4.74 Å². The maximum Gasteiger partial charge on any atom is 0.122 e. The van der Waals surface area contributed by atoms with Crippen molar-refractivity contribution in [2.45, 2.75) is 40.0 Å². The van der Waals surface area contributed by atoms with Crippen LogP contribution in [-0.2, 0) is 12.8 Å². The molecule has 0 radical (unpaired) electrons. The lowest BCUT2D eigenvalue weighted by Gasteiger charge is -2.10. The monoisotopic (exact) mass is 313 g/mol. The highest BCUT2D eigenvalue weighted by atomic mass is 16.5. The second-order valence-corrected chi connectivity index (χ2v) is 5.50. The van der Waals surface area contributed by atoms with E-state index in [9.17, 15) is 0 Å². The van der Waals surface area contributed by atoms with Gasteiger partial charge in [0.2, 0.25) is 0 Å². The fourth-order valence-electron chi connectivity index (χ4n) is 2.42. The van der Waals surface area contributed by atoms with Crippen molar-refractivity contribution in [3.8, 4) is 5.75 Å². The third-order valence-electron chi connectivity index (χ3n) is 3.71. The van der Waals surface area contributed by atoms with Gasteiger partial charge in [0.15, 0.2) is 0 Å². The molecule has 0 saturated carbocycles. The fraction of sp³-hybridized carbons (Fsp3) is 0.429. The van der Waals surface area contributed by atoms with Crippen molar-refractivity contribution in [3.05, 3.63) is 65.3 Å². The van der Waals surface area contributed by atoms with Crippen molar-refractivity contribution < 1.29 is 4.74 Å². The standard InChI is InChI=1S/C21H31NO/c1-5-8-9-11-19(10-6-2)17-22-15-14-18-12-13-20(7-3)21(16-18)23-4/h6,8-13,16,22H,5,7,14-15,17H2,1-4H3/b9-8+,10-6-,19-11+. The molecule has 0 aliphatic rings. The van der Waals surface area contributed by atoms with Gasteiger partial charge in [-0.2, -0.15) is 0 Å². The number of hydrogen-bond acceptors (Lipinski definition) is 2. The lowest BCUT2D eigenvalue weighted by Crippen LogP contribution is -2.19. The van der Waals surface area contributed by atoms with Crippen molar-refractivity contribution in [3.63, 3.8) is 0 Å². The van der Waals surface area contributed by atoms with Gasteiger partial charge in [-0.1, -0.05) is 56.4 Å². The van der Waals surface area contributed by atoms with Gasteiger partial charge in [0.05, 0.1) is 7.11 Å². The summed E-state index contributed by atoms with van der Waals surface area (Å²) in [6.45, 7) is 8.21. The number of rotatable bonds is 10. The molecule has 0 bridgehead atoms. The maximum atomic E-state index is 5.46. The first-order chi connectivity index (χ1) is 11.2. The average molecular weight is 313 g/mol. The van der Waals surface area contributed by atoms with E-state index in [-0.39, 0.29) is 0 Å². The Morgan fingerprint density at radius 1 is 1.26 bits per heavy atom.